The minimum Gasteiger partial charge on any atom is -0.457 e. The van der Waals surface area contributed by atoms with Crippen molar-refractivity contribution in [1.82, 2.24) is 19.3 Å². The van der Waals surface area contributed by atoms with E-state index in [9.17, 15) is 0 Å². The first-order valence-electron chi connectivity index (χ1n) is 16.0. The van der Waals surface area contributed by atoms with Gasteiger partial charge in [0.2, 0.25) is 0 Å². The van der Waals surface area contributed by atoms with E-state index in [1.165, 1.54) is 27.5 Å². The summed E-state index contributed by atoms with van der Waals surface area (Å²) < 4.78 is 10.8. The highest BCUT2D eigenvalue weighted by Gasteiger charge is 2.18. The van der Waals surface area contributed by atoms with Crippen molar-refractivity contribution in [2.24, 2.45) is 5.41 Å². The second-order valence-corrected chi connectivity index (χ2v) is 13.5. The summed E-state index contributed by atoms with van der Waals surface area (Å²) in [6, 6.07) is 36.0. The largest absolute Gasteiger partial charge is 0.457 e. The molecule has 46 heavy (non-hydrogen) atoms. The fourth-order valence-electron chi connectivity index (χ4n) is 6.41. The van der Waals surface area contributed by atoms with Gasteiger partial charge < -0.3 is 4.74 Å². The van der Waals surface area contributed by atoms with Gasteiger partial charge >= 0.3 is 0 Å². The van der Waals surface area contributed by atoms with E-state index in [0.717, 1.165) is 63.8 Å². The van der Waals surface area contributed by atoms with Crippen molar-refractivity contribution >= 4 is 21.8 Å². The Morgan fingerprint density at radius 1 is 0.717 bits per heavy atom. The first-order valence-corrected chi connectivity index (χ1v) is 16.0. The maximum Gasteiger partial charge on any atom is 0.137 e. The minimum absolute atomic E-state index is 0.274. The standard InChI is InChI=1S/C41H40N4O/c1-27-15-18-37-36(23-27)35-17-16-34(26-38(35)44(37)39-24-30(20-22-42-39)19-21-41(4,5)6)46-33-14-10-13-32(25-33)45-29(3)40(28(2)43-45)31-11-8-7-9-12-31/h7-18,20,22-26H,19,21H2,1-6H3. The summed E-state index contributed by atoms with van der Waals surface area (Å²) in [4.78, 5) is 4.86. The van der Waals surface area contributed by atoms with Crippen LogP contribution in [0.15, 0.2) is 109 Å². The summed E-state index contributed by atoms with van der Waals surface area (Å²) in [7, 11) is 0. The van der Waals surface area contributed by atoms with Gasteiger partial charge in [-0.15, -0.1) is 0 Å². The Morgan fingerprint density at radius 2 is 1.52 bits per heavy atom. The van der Waals surface area contributed by atoms with Gasteiger partial charge in [0, 0.05) is 40.4 Å². The first kappa shape index (κ1) is 29.5. The molecule has 5 heteroatoms. The van der Waals surface area contributed by atoms with Crippen LogP contribution >= 0.6 is 0 Å². The Labute approximate surface area is 271 Å². The quantitative estimate of drug-likeness (QED) is 0.182. The normalized spacial score (nSPS) is 11.9. The Balaban J connectivity index is 1.27. The molecule has 7 rings (SSSR count). The van der Waals surface area contributed by atoms with Gasteiger partial charge in [0.05, 0.1) is 22.4 Å². The molecule has 0 spiro atoms. The number of hydrogen-bond donors (Lipinski definition) is 0. The van der Waals surface area contributed by atoms with Crippen molar-refractivity contribution in [3.05, 3.63) is 132 Å². The third-order valence-corrected chi connectivity index (χ3v) is 8.75. The molecule has 0 radical (unpaired) electrons. The molecule has 0 N–H and O–H groups in total. The summed E-state index contributed by atoms with van der Waals surface area (Å²) in [6.07, 6.45) is 4.07. The van der Waals surface area contributed by atoms with E-state index in [1.54, 1.807) is 0 Å². The molecule has 0 aliphatic rings. The summed E-state index contributed by atoms with van der Waals surface area (Å²) in [5.41, 5.74) is 10.4. The molecule has 230 valence electrons. The average molecular weight is 605 g/mol. The number of aromatic nitrogens is 4. The maximum absolute atomic E-state index is 6.55. The third kappa shape index (κ3) is 5.69. The predicted molar refractivity (Wildman–Crippen MR) is 190 cm³/mol. The molecule has 0 saturated carbocycles. The van der Waals surface area contributed by atoms with Crippen LogP contribution < -0.4 is 4.74 Å². The highest BCUT2D eigenvalue weighted by Crippen LogP contribution is 2.36. The Kier molecular flexibility index (Phi) is 7.48. The molecule has 7 aromatic rings. The van der Waals surface area contributed by atoms with E-state index in [2.05, 4.69) is 131 Å². The zero-order valence-electron chi connectivity index (χ0n) is 27.5. The van der Waals surface area contributed by atoms with Crippen LogP contribution in [0.25, 0.3) is 44.4 Å². The first-order chi connectivity index (χ1) is 22.1. The molecule has 3 aromatic heterocycles. The number of fused-ring (bicyclic) bond motifs is 3. The van der Waals surface area contributed by atoms with Gasteiger partial charge in [0.15, 0.2) is 0 Å². The molecule has 0 amide bonds. The Bertz CT molecular complexity index is 2200. The van der Waals surface area contributed by atoms with Crippen LogP contribution in [-0.2, 0) is 6.42 Å². The average Bonchev–Trinajstić information content (AvgIpc) is 3.52. The number of ether oxygens (including phenoxy) is 1. The van der Waals surface area contributed by atoms with E-state index in [4.69, 9.17) is 14.8 Å². The molecular weight excluding hydrogens is 564 g/mol. The van der Waals surface area contributed by atoms with Crippen LogP contribution in [0.5, 0.6) is 11.5 Å². The molecule has 0 aliphatic heterocycles. The smallest absolute Gasteiger partial charge is 0.137 e. The van der Waals surface area contributed by atoms with Gasteiger partial charge in [-0.1, -0.05) is 68.8 Å². The van der Waals surface area contributed by atoms with Crippen molar-refractivity contribution in [1.29, 1.82) is 0 Å². The van der Waals surface area contributed by atoms with Crippen molar-refractivity contribution in [3.63, 3.8) is 0 Å². The zero-order valence-corrected chi connectivity index (χ0v) is 27.5. The van der Waals surface area contributed by atoms with Gasteiger partial charge in [-0.05, 0) is 98.7 Å². The number of benzene rings is 4. The summed E-state index contributed by atoms with van der Waals surface area (Å²) in [5.74, 6) is 2.45. The summed E-state index contributed by atoms with van der Waals surface area (Å²) >= 11 is 0. The number of pyridine rings is 1. The van der Waals surface area contributed by atoms with Crippen LogP contribution in [0.1, 0.15) is 49.7 Å². The SMILES string of the molecule is Cc1ccc2c(c1)c1ccc(Oc3cccc(-n4nc(C)c(-c5ccccc5)c4C)c3)cc1n2-c1cc(CCC(C)(C)C)ccn1. The summed E-state index contributed by atoms with van der Waals surface area (Å²) in [5, 5.41) is 7.30. The highest BCUT2D eigenvalue weighted by atomic mass is 16.5. The molecule has 0 aliphatic carbocycles. The second kappa shape index (κ2) is 11.6. The van der Waals surface area contributed by atoms with Crippen LogP contribution in [0, 0.1) is 26.2 Å². The molecular formula is C41H40N4O. The number of aryl methyl sites for hydroxylation is 3. The van der Waals surface area contributed by atoms with Crippen LogP contribution in [-0.4, -0.2) is 19.3 Å². The van der Waals surface area contributed by atoms with Gasteiger partial charge in [0.1, 0.15) is 17.3 Å². The summed E-state index contributed by atoms with van der Waals surface area (Å²) in [6.45, 7) is 13.2. The van der Waals surface area contributed by atoms with Crippen LogP contribution in [0.3, 0.4) is 0 Å². The number of rotatable bonds is 7. The minimum atomic E-state index is 0.274. The fraction of sp³-hybridized carbons (Fsp3) is 0.220. The molecule has 3 heterocycles. The lowest BCUT2D eigenvalue weighted by atomic mass is 9.89. The topological polar surface area (TPSA) is 44.9 Å². The van der Waals surface area contributed by atoms with Gasteiger partial charge in [-0.3, -0.25) is 4.57 Å². The molecule has 0 bridgehead atoms. The molecule has 4 aromatic carbocycles. The zero-order chi connectivity index (χ0) is 32.0. The van der Waals surface area contributed by atoms with E-state index in [0.29, 0.717) is 0 Å². The third-order valence-electron chi connectivity index (χ3n) is 8.75. The fourth-order valence-corrected chi connectivity index (χ4v) is 6.41. The molecule has 0 saturated heterocycles. The lowest BCUT2D eigenvalue weighted by Gasteiger charge is -2.18. The van der Waals surface area contributed by atoms with Crippen molar-refractivity contribution in [2.75, 3.05) is 0 Å². The Morgan fingerprint density at radius 3 is 2.33 bits per heavy atom. The van der Waals surface area contributed by atoms with E-state index >= 15 is 0 Å². The molecule has 0 atom stereocenters. The van der Waals surface area contributed by atoms with E-state index < -0.39 is 0 Å². The van der Waals surface area contributed by atoms with E-state index in [-0.39, 0.29) is 5.41 Å². The maximum atomic E-state index is 6.55. The molecule has 0 unspecified atom stereocenters. The van der Waals surface area contributed by atoms with E-state index in [1.807, 2.05) is 29.1 Å². The monoisotopic (exact) mass is 604 g/mol. The predicted octanol–water partition coefficient (Wildman–Crippen LogP) is 10.7. The molecule has 5 nitrogen and oxygen atoms in total. The van der Waals surface area contributed by atoms with Crippen molar-refractivity contribution in [2.45, 2.75) is 54.4 Å². The second-order valence-electron chi connectivity index (χ2n) is 13.5. The van der Waals surface area contributed by atoms with Crippen LogP contribution in [0.4, 0.5) is 0 Å². The lowest BCUT2D eigenvalue weighted by Crippen LogP contribution is -2.07. The Hall–Kier alpha value is -5.16. The van der Waals surface area contributed by atoms with Gasteiger partial charge in [-0.25, -0.2) is 9.67 Å². The van der Waals surface area contributed by atoms with Crippen LogP contribution in [0.2, 0.25) is 0 Å². The van der Waals surface area contributed by atoms with Gasteiger partial charge in [-0.2, -0.15) is 5.10 Å². The van der Waals surface area contributed by atoms with Crippen molar-refractivity contribution < 1.29 is 4.74 Å². The highest BCUT2D eigenvalue weighted by molar-refractivity contribution is 6.09. The number of hydrogen-bond acceptors (Lipinski definition) is 3. The lowest BCUT2D eigenvalue weighted by molar-refractivity contribution is 0.378. The van der Waals surface area contributed by atoms with Gasteiger partial charge in [0.25, 0.3) is 0 Å². The number of nitrogens with zero attached hydrogens (tertiary/aromatic N) is 4. The van der Waals surface area contributed by atoms with Crippen molar-refractivity contribution in [3.8, 4) is 34.1 Å². The molecule has 0 fully saturated rings.